The topological polar surface area (TPSA) is 61.0 Å². The Labute approximate surface area is 139 Å². The monoisotopic (exact) mass is 315 g/mol. The molecule has 0 fully saturated rings. The Bertz CT molecular complexity index is 1040. The highest BCUT2D eigenvalue weighted by Gasteiger charge is 2.23. The number of hydrogen-bond acceptors (Lipinski definition) is 2. The first kappa shape index (κ1) is 14.5. The second-order valence-electron chi connectivity index (χ2n) is 6.02. The fourth-order valence-corrected chi connectivity index (χ4v) is 3.01. The van der Waals surface area contributed by atoms with Gasteiger partial charge in [-0.1, -0.05) is 42.0 Å². The van der Waals surface area contributed by atoms with Crippen LogP contribution in [0.2, 0.25) is 0 Å². The Balaban J connectivity index is 1.96. The SMILES string of the molecule is Cc1ccc2c(c1)C(=Cc1c(C)[nH][nH]c1=O)C(c1ccccc1)=N2. The van der Waals surface area contributed by atoms with Crippen LogP contribution in [0.15, 0.2) is 58.3 Å². The Hall–Kier alpha value is -3.14. The van der Waals surface area contributed by atoms with Gasteiger partial charge in [0.25, 0.3) is 5.56 Å². The molecule has 2 N–H and O–H groups in total. The van der Waals surface area contributed by atoms with E-state index in [0.717, 1.165) is 33.8 Å². The molecule has 24 heavy (non-hydrogen) atoms. The summed E-state index contributed by atoms with van der Waals surface area (Å²) in [4.78, 5) is 16.9. The molecule has 4 nitrogen and oxygen atoms in total. The Morgan fingerprint density at radius 2 is 1.79 bits per heavy atom. The van der Waals surface area contributed by atoms with E-state index in [9.17, 15) is 4.79 Å². The van der Waals surface area contributed by atoms with Gasteiger partial charge in [-0.2, -0.15) is 0 Å². The smallest absolute Gasteiger partial charge is 0.271 e. The number of benzene rings is 2. The first-order valence-corrected chi connectivity index (χ1v) is 7.88. The lowest BCUT2D eigenvalue weighted by atomic mass is 9.95. The van der Waals surface area contributed by atoms with Crippen molar-refractivity contribution in [2.75, 3.05) is 0 Å². The van der Waals surface area contributed by atoms with Gasteiger partial charge in [-0.3, -0.25) is 9.89 Å². The third-order valence-electron chi connectivity index (χ3n) is 4.28. The van der Waals surface area contributed by atoms with Crippen molar-refractivity contribution in [1.82, 2.24) is 10.2 Å². The molecule has 118 valence electrons. The number of H-pyrrole nitrogens is 2. The molecule has 4 heteroatoms. The first-order valence-electron chi connectivity index (χ1n) is 7.88. The van der Waals surface area contributed by atoms with Gasteiger partial charge < -0.3 is 5.10 Å². The maximum Gasteiger partial charge on any atom is 0.271 e. The molecule has 2 heterocycles. The Morgan fingerprint density at radius 1 is 1.00 bits per heavy atom. The molecule has 0 saturated heterocycles. The third kappa shape index (κ3) is 2.33. The third-order valence-corrected chi connectivity index (χ3v) is 4.28. The summed E-state index contributed by atoms with van der Waals surface area (Å²) in [5.41, 5.74) is 7.44. The average molecular weight is 315 g/mol. The van der Waals surface area contributed by atoms with Crippen molar-refractivity contribution in [3.8, 4) is 0 Å². The Morgan fingerprint density at radius 3 is 2.50 bits per heavy atom. The molecule has 0 aliphatic carbocycles. The molecule has 1 aromatic heterocycles. The lowest BCUT2D eigenvalue weighted by molar-refractivity contribution is 1.02. The van der Waals surface area contributed by atoms with Gasteiger partial charge in [0.2, 0.25) is 0 Å². The average Bonchev–Trinajstić information content (AvgIpc) is 3.11. The normalized spacial score (nSPS) is 14.8. The summed E-state index contributed by atoms with van der Waals surface area (Å²) in [6.45, 7) is 3.95. The zero-order valence-corrected chi connectivity index (χ0v) is 13.6. The predicted octanol–water partition coefficient (Wildman–Crippen LogP) is 3.99. The van der Waals surface area contributed by atoms with Crippen LogP contribution in [0.3, 0.4) is 0 Å². The van der Waals surface area contributed by atoms with Crippen LogP contribution >= 0.6 is 0 Å². The Kier molecular flexibility index (Phi) is 3.31. The molecule has 0 bridgehead atoms. The number of aromatic nitrogens is 2. The summed E-state index contributed by atoms with van der Waals surface area (Å²) in [5, 5.41) is 5.51. The number of aryl methyl sites for hydroxylation is 2. The van der Waals surface area contributed by atoms with Crippen LogP contribution in [0.1, 0.15) is 27.9 Å². The van der Waals surface area contributed by atoms with E-state index in [1.807, 2.05) is 49.4 Å². The van der Waals surface area contributed by atoms with Gasteiger partial charge in [0.05, 0.1) is 17.0 Å². The molecule has 1 aliphatic rings. The number of nitrogens with one attached hydrogen (secondary N) is 2. The second-order valence-corrected chi connectivity index (χ2v) is 6.02. The van der Waals surface area contributed by atoms with E-state index in [1.54, 1.807) is 0 Å². The van der Waals surface area contributed by atoms with E-state index >= 15 is 0 Å². The van der Waals surface area contributed by atoms with Crippen molar-refractivity contribution in [1.29, 1.82) is 0 Å². The molecule has 0 atom stereocenters. The fourth-order valence-electron chi connectivity index (χ4n) is 3.01. The van der Waals surface area contributed by atoms with Gasteiger partial charge in [-0.05, 0) is 32.1 Å². The van der Waals surface area contributed by atoms with Crippen LogP contribution < -0.4 is 5.56 Å². The van der Waals surface area contributed by atoms with Gasteiger partial charge in [-0.15, -0.1) is 0 Å². The predicted molar refractivity (Wildman–Crippen MR) is 97.8 cm³/mol. The molecule has 4 rings (SSSR count). The number of allylic oxidation sites excluding steroid dienone is 1. The molecule has 0 radical (unpaired) electrons. The number of aliphatic imine (C=N–C) groups is 1. The number of fused-ring (bicyclic) bond motifs is 1. The van der Waals surface area contributed by atoms with E-state index in [-0.39, 0.29) is 5.56 Å². The number of hydrogen-bond donors (Lipinski definition) is 2. The quantitative estimate of drug-likeness (QED) is 0.738. The lowest BCUT2D eigenvalue weighted by Crippen LogP contribution is -2.05. The minimum atomic E-state index is -0.117. The minimum absolute atomic E-state index is 0.117. The van der Waals surface area contributed by atoms with Gasteiger partial charge in [-0.25, -0.2) is 4.99 Å². The van der Waals surface area contributed by atoms with Crippen LogP contribution in [0, 0.1) is 13.8 Å². The van der Waals surface area contributed by atoms with Crippen molar-refractivity contribution < 1.29 is 0 Å². The van der Waals surface area contributed by atoms with Crippen LogP contribution in [-0.2, 0) is 0 Å². The molecule has 0 spiro atoms. The summed E-state index contributed by atoms with van der Waals surface area (Å²) in [6.07, 6.45) is 1.93. The van der Waals surface area contributed by atoms with Crippen LogP contribution in [-0.4, -0.2) is 15.9 Å². The van der Waals surface area contributed by atoms with Gasteiger partial charge in [0, 0.05) is 22.4 Å². The summed E-state index contributed by atoms with van der Waals surface area (Å²) >= 11 is 0. The standard InChI is InChI=1S/C20H17N3O/c1-12-8-9-18-16(10-12)17(11-15-13(2)22-23-20(15)24)19(21-18)14-6-4-3-5-7-14/h3-11H,1-2H3,(H2,22,23,24). The zero-order valence-electron chi connectivity index (χ0n) is 13.6. The number of aromatic amines is 2. The molecule has 0 amide bonds. The van der Waals surface area contributed by atoms with E-state index < -0.39 is 0 Å². The van der Waals surface area contributed by atoms with E-state index in [0.29, 0.717) is 5.56 Å². The van der Waals surface area contributed by atoms with Gasteiger partial charge in [0.1, 0.15) is 0 Å². The van der Waals surface area contributed by atoms with Crippen LogP contribution in [0.5, 0.6) is 0 Å². The minimum Gasteiger partial charge on any atom is -0.302 e. The summed E-state index contributed by atoms with van der Waals surface area (Å²) < 4.78 is 0. The summed E-state index contributed by atoms with van der Waals surface area (Å²) in [6, 6.07) is 16.3. The largest absolute Gasteiger partial charge is 0.302 e. The zero-order chi connectivity index (χ0) is 16.7. The van der Waals surface area contributed by atoms with Gasteiger partial charge in [0.15, 0.2) is 0 Å². The molecular weight excluding hydrogens is 298 g/mol. The summed E-state index contributed by atoms with van der Waals surface area (Å²) in [5.74, 6) is 0. The maximum absolute atomic E-state index is 12.1. The molecule has 0 unspecified atom stereocenters. The second kappa shape index (κ2) is 5.49. The van der Waals surface area contributed by atoms with E-state index in [4.69, 9.17) is 4.99 Å². The van der Waals surface area contributed by atoms with E-state index in [1.165, 1.54) is 5.56 Å². The van der Waals surface area contributed by atoms with Crippen molar-refractivity contribution in [3.63, 3.8) is 0 Å². The number of rotatable bonds is 2. The van der Waals surface area contributed by atoms with Crippen LogP contribution in [0.25, 0.3) is 11.6 Å². The maximum atomic E-state index is 12.1. The summed E-state index contributed by atoms with van der Waals surface area (Å²) in [7, 11) is 0. The molecular formula is C20H17N3O. The van der Waals surface area contributed by atoms with Crippen LogP contribution in [0.4, 0.5) is 5.69 Å². The van der Waals surface area contributed by atoms with Gasteiger partial charge >= 0.3 is 0 Å². The van der Waals surface area contributed by atoms with Crippen molar-refractivity contribution >= 4 is 23.0 Å². The number of nitrogens with zero attached hydrogens (tertiary/aromatic N) is 1. The highest BCUT2D eigenvalue weighted by Crippen LogP contribution is 2.38. The molecule has 2 aromatic carbocycles. The molecule has 3 aromatic rings. The highest BCUT2D eigenvalue weighted by molar-refractivity contribution is 6.39. The highest BCUT2D eigenvalue weighted by atomic mass is 16.1. The van der Waals surface area contributed by atoms with Crippen molar-refractivity contribution in [2.24, 2.45) is 4.99 Å². The van der Waals surface area contributed by atoms with Crippen molar-refractivity contribution in [2.45, 2.75) is 13.8 Å². The lowest BCUT2D eigenvalue weighted by Gasteiger charge is -2.06. The fraction of sp³-hybridized carbons (Fsp3) is 0.100. The van der Waals surface area contributed by atoms with E-state index in [2.05, 4.69) is 29.3 Å². The molecule has 1 aliphatic heterocycles. The molecule has 0 saturated carbocycles. The van der Waals surface area contributed by atoms with Crippen molar-refractivity contribution in [3.05, 3.63) is 86.8 Å². The first-order chi connectivity index (χ1) is 11.6.